The topological polar surface area (TPSA) is 7.12 Å². The summed E-state index contributed by atoms with van der Waals surface area (Å²) in [4.78, 5) is 2.44. The number of aryl methyl sites for hydroxylation is 1. The fraction of sp³-hybridized carbons (Fsp3) is 0.500. The molecule has 1 aromatic heterocycles. The number of nitrogens with zero attached hydrogens (tertiary/aromatic N) is 2. The summed E-state index contributed by atoms with van der Waals surface area (Å²) in [6.07, 6.45) is 6.91. The zero-order chi connectivity index (χ0) is 8.39. The summed E-state index contributed by atoms with van der Waals surface area (Å²) in [6, 6.07) is 4.37. The van der Waals surface area contributed by atoms with Crippen molar-refractivity contribution in [1.29, 1.82) is 0 Å². The van der Waals surface area contributed by atoms with Crippen LogP contribution in [0.15, 0.2) is 24.5 Å². The zero-order valence-corrected chi connectivity index (χ0v) is 10.1. The molecule has 0 spiro atoms. The maximum Gasteiger partial charge on any atom is 0.170 e. The molecule has 1 saturated heterocycles. The molecule has 72 valence electrons. The average Bonchev–Trinajstić information content (AvgIpc) is 2.58. The predicted octanol–water partition coefficient (Wildman–Crippen LogP) is -1.88. The van der Waals surface area contributed by atoms with Crippen LogP contribution in [0.5, 0.6) is 0 Å². The number of hydrogen-bond acceptors (Lipinski definition) is 1. The number of aromatic nitrogens is 1. The Labute approximate surface area is 96.6 Å². The highest BCUT2D eigenvalue weighted by Crippen LogP contribution is 2.17. The van der Waals surface area contributed by atoms with Gasteiger partial charge in [0.25, 0.3) is 0 Å². The summed E-state index contributed by atoms with van der Waals surface area (Å²) >= 11 is 0. The second kappa shape index (κ2) is 4.79. The smallest absolute Gasteiger partial charge is 0.170 e. The normalized spacial score (nSPS) is 15.6. The van der Waals surface area contributed by atoms with Gasteiger partial charge in [-0.05, 0) is 12.8 Å². The van der Waals surface area contributed by atoms with Crippen LogP contribution in [0.1, 0.15) is 12.8 Å². The summed E-state index contributed by atoms with van der Waals surface area (Å²) in [6.45, 7) is 2.46. The summed E-state index contributed by atoms with van der Waals surface area (Å²) < 4.78 is 2.07. The highest BCUT2D eigenvalue weighted by Gasteiger charge is 2.12. The molecular formula is C10H15IN2. The predicted molar refractivity (Wildman–Crippen MR) is 49.1 cm³/mol. The van der Waals surface area contributed by atoms with Crippen molar-refractivity contribution < 1.29 is 28.5 Å². The fourth-order valence-corrected chi connectivity index (χ4v) is 1.68. The molecule has 0 aromatic carbocycles. The first-order chi connectivity index (χ1) is 5.86. The Kier molecular flexibility index (Phi) is 3.96. The molecule has 0 atom stereocenters. The molecule has 1 aromatic rings. The Hall–Kier alpha value is -0.320. The molecule has 1 aliphatic heterocycles. The summed E-state index contributed by atoms with van der Waals surface area (Å²) in [5, 5.41) is 0. The van der Waals surface area contributed by atoms with Crippen LogP contribution in [0.4, 0.5) is 5.69 Å². The molecular weight excluding hydrogens is 275 g/mol. The molecule has 0 aliphatic carbocycles. The SMILES string of the molecule is C[n+]1ccc(N2CCCC2)cc1.[I-]. The van der Waals surface area contributed by atoms with Gasteiger partial charge in [-0.1, -0.05) is 0 Å². The van der Waals surface area contributed by atoms with Gasteiger partial charge in [-0.3, -0.25) is 0 Å². The van der Waals surface area contributed by atoms with E-state index in [9.17, 15) is 0 Å². The van der Waals surface area contributed by atoms with Crippen molar-refractivity contribution in [1.82, 2.24) is 0 Å². The first-order valence-electron chi connectivity index (χ1n) is 4.56. The molecule has 0 radical (unpaired) electrons. The Balaban J connectivity index is 0.000000845. The van der Waals surface area contributed by atoms with E-state index in [1.54, 1.807) is 0 Å². The van der Waals surface area contributed by atoms with Gasteiger partial charge in [0.05, 0.1) is 0 Å². The van der Waals surface area contributed by atoms with Crippen LogP contribution < -0.4 is 33.4 Å². The molecule has 0 amide bonds. The van der Waals surface area contributed by atoms with E-state index in [0.717, 1.165) is 0 Å². The van der Waals surface area contributed by atoms with E-state index in [-0.39, 0.29) is 24.0 Å². The van der Waals surface area contributed by atoms with Crippen molar-refractivity contribution in [2.45, 2.75) is 12.8 Å². The summed E-state index contributed by atoms with van der Waals surface area (Å²) in [5.74, 6) is 0. The second-order valence-electron chi connectivity index (χ2n) is 3.42. The number of halogens is 1. The molecule has 2 rings (SSSR count). The van der Waals surface area contributed by atoms with E-state index in [2.05, 4.69) is 34.0 Å². The van der Waals surface area contributed by atoms with Crippen molar-refractivity contribution >= 4 is 5.69 Å². The zero-order valence-electron chi connectivity index (χ0n) is 7.91. The lowest BCUT2D eigenvalue weighted by Crippen LogP contribution is -3.00. The van der Waals surface area contributed by atoms with Gasteiger partial charge in [-0.15, -0.1) is 0 Å². The third-order valence-electron chi connectivity index (χ3n) is 2.43. The molecule has 2 heterocycles. The van der Waals surface area contributed by atoms with Gasteiger partial charge in [-0.25, -0.2) is 4.57 Å². The molecule has 0 bridgehead atoms. The standard InChI is InChI=1S/C10H15N2.HI/c1-11-8-4-10(5-9-11)12-6-2-3-7-12;/h4-5,8-9H,2-3,6-7H2,1H3;1H/q+1;/p-1. The van der Waals surface area contributed by atoms with E-state index in [0.29, 0.717) is 0 Å². The lowest BCUT2D eigenvalue weighted by molar-refractivity contribution is -0.671. The van der Waals surface area contributed by atoms with E-state index in [1.807, 2.05) is 7.05 Å². The van der Waals surface area contributed by atoms with Crippen molar-refractivity contribution in [2.24, 2.45) is 7.05 Å². The van der Waals surface area contributed by atoms with Crippen LogP contribution in [0.25, 0.3) is 0 Å². The first kappa shape index (κ1) is 10.8. The summed E-state index contributed by atoms with van der Waals surface area (Å²) in [7, 11) is 2.05. The van der Waals surface area contributed by atoms with Crippen LogP contribution in [-0.2, 0) is 7.05 Å². The minimum Gasteiger partial charge on any atom is -1.00 e. The second-order valence-corrected chi connectivity index (χ2v) is 3.42. The average molecular weight is 290 g/mol. The maximum absolute atomic E-state index is 2.44. The highest BCUT2D eigenvalue weighted by atomic mass is 127. The largest absolute Gasteiger partial charge is 1.00 e. The Bertz CT molecular complexity index is 252. The first-order valence-corrected chi connectivity index (χ1v) is 4.56. The van der Waals surface area contributed by atoms with Gasteiger partial charge in [0.1, 0.15) is 7.05 Å². The monoisotopic (exact) mass is 290 g/mol. The third kappa shape index (κ3) is 2.56. The van der Waals surface area contributed by atoms with E-state index < -0.39 is 0 Å². The number of anilines is 1. The summed E-state index contributed by atoms with van der Waals surface area (Å²) in [5.41, 5.74) is 1.37. The fourth-order valence-electron chi connectivity index (χ4n) is 1.68. The molecule has 13 heavy (non-hydrogen) atoms. The van der Waals surface area contributed by atoms with Crippen molar-refractivity contribution in [2.75, 3.05) is 18.0 Å². The van der Waals surface area contributed by atoms with Crippen LogP contribution in [-0.4, -0.2) is 13.1 Å². The Morgan fingerprint density at radius 3 is 2.23 bits per heavy atom. The van der Waals surface area contributed by atoms with Gasteiger partial charge in [-0.2, -0.15) is 0 Å². The number of rotatable bonds is 1. The molecule has 0 saturated carbocycles. The lowest BCUT2D eigenvalue weighted by Gasteiger charge is -2.15. The quantitative estimate of drug-likeness (QED) is 0.434. The Morgan fingerprint density at radius 2 is 1.69 bits per heavy atom. The van der Waals surface area contributed by atoms with Crippen LogP contribution >= 0.6 is 0 Å². The molecule has 2 nitrogen and oxygen atoms in total. The van der Waals surface area contributed by atoms with Crippen molar-refractivity contribution in [3.63, 3.8) is 0 Å². The van der Waals surface area contributed by atoms with E-state index in [1.165, 1.54) is 31.6 Å². The van der Waals surface area contributed by atoms with Crippen molar-refractivity contribution in [3.05, 3.63) is 24.5 Å². The third-order valence-corrected chi connectivity index (χ3v) is 2.43. The minimum absolute atomic E-state index is 0. The molecule has 1 fully saturated rings. The van der Waals surface area contributed by atoms with E-state index in [4.69, 9.17) is 0 Å². The number of pyridine rings is 1. The van der Waals surface area contributed by atoms with Crippen molar-refractivity contribution in [3.8, 4) is 0 Å². The highest BCUT2D eigenvalue weighted by molar-refractivity contribution is 5.44. The van der Waals surface area contributed by atoms with Gasteiger partial charge in [0.15, 0.2) is 12.4 Å². The van der Waals surface area contributed by atoms with Gasteiger partial charge in [0.2, 0.25) is 0 Å². The molecule has 1 aliphatic rings. The Morgan fingerprint density at radius 1 is 1.15 bits per heavy atom. The minimum atomic E-state index is 0. The lowest BCUT2D eigenvalue weighted by atomic mass is 10.3. The van der Waals surface area contributed by atoms with Gasteiger partial charge in [0, 0.05) is 30.9 Å². The maximum atomic E-state index is 2.44. The van der Waals surface area contributed by atoms with Crippen LogP contribution in [0.2, 0.25) is 0 Å². The molecule has 0 N–H and O–H groups in total. The molecule has 0 unspecified atom stereocenters. The van der Waals surface area contributed by atoms with E-state index >= 15 is 0 Å². The molecule has 3 heteroatoms. The van der Waals surface area contributed by atoms with Gasteiger partial charge < -0.3 is 28.9 Å². The number of hydrogen-bond donors (Lipinski definition) is 0. The van der Waals surface area contributed by atoms with Gasteiger partial charge >= 0.3 is 0 Å². The van der Waals surface area contributed by atoms with Crippen LogP contribution in [0, 0.1) is 0 Å². The van der Waals surface area contributed by atoms with Crippen LogP contribution in [0.3, 0.4) is 0 Å².